The SMILES string of the molecule is N#CC(C#N)=Cc1cccc(OCc2ccc(F)cc2Cl)c1. The monoisotopic (exact) mass is 312 g/mol. The Labute approximate surface area is 132 Å². The van der Waals surface area contributed by atoms with Crippen molar-refractivity contribution in [3.63, 3.8) is 0 Å². The summed E-state index contributed by atoms with van der Waals surface area (Å²) in [6.45, 7) is 0.190. The zero-order valence-corrected chi connectivity index (χ0v) is 12.1. The molecule has 0 aliphatic rings. The van der Waals surface area contributed by atoms with Crippen LogP contribution in [0.2, 0.25) is 5.02 Å². The molecule has 0 N–H and O–H groups in total. The molecule has 5 heteroatoms. The molecule has 22 heavy (non-hydrogen) atoms. The van der Waals surface area contributed by atoms with E-state index in [1.54, 1.807) is 42.5 Å². The number of allylic oxidation sites excluding steroid dienone is 1. The third-order valence-electron chi connectivity index (χ3n) is 2.82. The van der Waals surface area contributed by atoms with Crippen molar-refractivity contribution in [3.8, 4) is 17.9 Å². The average molecular weight is 313 g/mol. The smallest absolute Gasteiger partial charge is 0.130 e. The van der Waals surface area contributed by atoms with Gasteiger partial charge in [-0.2, -0.15) is 10.5 Å². The van der Waals surface area contributed by atoms with E-state index in [-0.39, 0.29) is 12.2 Å². The minimum atomic E-state index is -0.401. The van der Waals surface area contributed by atoms with Crippen LogP contribution in [-0.2, 0) is 6.61 Å². The minimum absolute atomic E-state index is 0.0127. The molecule has 3 nitrogen and oxygen atoms in total. The molecule has 0 aromatic heterocycles. The van der Waals surface area contributed by atoms with Crippen molar-refractivity contribution in [2.45, 2.75) is 6.61 Å². The first kappa shape index (κ1) is 15.6. The van der Waals surface area contributed by atoms with Crippen LogP contribution < -0.4 is 4.74 Å². The molecular formula is C17H10ClFN2O. The summed E-state index contributed by atoms with van der Waals surface area (Å²) in [7, 11) is 0. The molecule has 0 aliphatic heterocycles. The lowest BCUT2D eigenvalue weighted by Gasteiger charge is -2.08. The summed E-state index contributed by atoms with van der Waals surface area (Å²) in [4.78, 5) is 0. The Bertz CT molecular complexity index is 787. The number of hydrogen-bond donors (Lipinski definition) is 0. The van der Waals surface area contributed by atoms with E-state index in [9.17, 15) is 4.39 Å². The molecule has 0 spiro atoms. The highest BCUT2D eigenvalue weighted by Crippen LogP contribution is 2.21. The topological polar surface area (TPSA) is 56.8 Å². The number of benzene rings is 2. The van der Waals surface area contributed by atoms with Gasteiger partial charge < -0.3 is 4.74 Å². The van der Waals surface area contributed by atoms with E-state index in [4.69, 9.17) is 26.9 Å². The fourth-order valence-corrected chi connectivity index (χ4v) is 1.97. The lowest BCUT2D eigenvalue weighted by molar-refractivity contribution is 0.306. The van der Waals surface area contributed by atoms with E-state index in [0.717, 1.165) is 0 Å². The normalized spacial score (nSPS) is 9.45. The second kappa shape index (κ2) is 7.26. The van der Waals surface area contributed by atoms with Crippen molar-refractivity contribution in [2.75, 3.05) is 0 Å². The number of nitrogens with zero attached hydrogens (tertiary/aromatic N) is 2. The van der Waals surface area contributed by atoms with Crippen molar-refractivity contribution in [1.82, 2.24) is 0 Å². The van der Waals surface area contributed by atoms with Crippen molar-refractivity contribution < 1.29 is 9.13 Å². The van der Waals surface area contributed by atoms with Crippen molar-refractivity contribution in [3.05, 3.63) is 70.0 Å². The van der Waals surface area contributed by atoms with E-state index in [1.165, 1.54) is 18.2 Å². The van der Waals surface area contributed by atoms with Gasteiger partial charge in [0.15, 0.2) is 0 Å². The maximum absolute atomic E-state index is 13.0. The largest absolute Gasteiger partial charge is 0.489 e. The second-order valence-corrected chi connectivity index (χ2v) is 4.79. The third kappa shape index (κ3) is 4.09. The van der Waals surface area contributed by atoms with Crippen molar-refractivity contribution in [2.24, 2.45) is 0 Å². The standard InChI is InChI=1S/C17H10ClFN2O/c18-17-8-15(19)5-4-14(17)11-22-16-3-1-2-12(7-16)6-13(9-20)10-21/h1-8H,11H2. The summed E-state index contributed by atoms with van der Waals surface area (Å²) in [5.41, 5.74) is 1.36. The summed E-state index contributed by atoms with van der Waals surface area (Å²) in [6, 6.07) is 14.6. The lowest BCUT2D eigenvalue weighted by Crippen LogP contribution is -1.97. The van der Waals surface area contributed by atoms with Crippen LogP contribution in [0.25, 0.3) is 6.08 Å². The molecule has 2 rings (SSSR count). The quantitative estimate of drug-likeness (QED) is 0.782. The summed E-state index contributed by atoms with van der Waals surface area (Å²) in [5, 5.41) is 17.8. The van der Waals surface area contributed by atoms with Crippen molar-refractivity contribution >= 4 is 17.7 Å². The second-order valence-electron chi connectivity index (χ2n) is 4.38. The molecule has 0 bridgehead atoms. The van der Waals surface area contributed by atoms with Gasteiger partial charge in [-0.15, -0.1) is 0 Å². The van der Waals surface area contributed by atoms with Crippen molar-refractivity contribution in [1.29, 1.82) is 10.5 Å². The zero-order chi connectivity index (χ0) is 15.9. The van der Waals surface area contributed by atoms with Gasteiger partial charge in [-0.25, -0.2) is 4.39 Å². The Balaban J connectivity index is 2.13. The van der Waals surface area contributed by atoms with Crippen LogP contribution in [0.3, 0.4) is 0 Å². The molecule has 0 saturated heterocycles. The highest BCUT2D eigenvalue weighted by molar-refractivity contribution is 6.31. The summed E-state index contributed by atoms with van der Waals surface area (Å²) < 4.78 is 18.6. The number of ether oxygens (including phenoxy) is 1. The average Bonchev–Trinajstić information content (AvgIpc) is 2.52. The predicted molar refractivity (Wildman–Crippen MR) is 81.4 cm³/mol. The highest BCUT2D eigenvalue weighted by atomic mass is 35.5. The Morgan fingerprint density at radius 2 is 1.95 bits per heavy atom. The molecule has 0 unspecified atom stereocenters. The molecule has 2 aromatic carbocycles. The molecule has 0 amide bonds. The van der Waals surface area contributed by atoms with Crippen LogP contribution in [0.4, 0.5) is 4.39 Å². The minimum Gasteiger partial charge on any atom is -0.489 e. The maximum atomic E-state index is 13.0. The predicted octanol–water partition coefficient (Wildman–Crippen LogP) is 4.49. The van der Waals surface area contributed by atoms with Gasteiger partial charge in [0.25, 0.3) is 0 Å². The van der Waals surface area contributed by atoms with Gasteiger partial charge >= 0.3 is 0 Å². The molecule has 108 valence electrons. The summed E-state index contributed by atoms with van der Waals surface area (Å²) >= 11 is 5.93. The van der Waals surface area contributed by atoms with Crippen LogP contribution >= 0.6 is 11.6 Å². The van der Waals surface area contributed by atoms with Gasteiger partial charge in [-0.1, -0.05) is 29.8 Å². The van der Waals surface area contributed by atoms with E-state index in [0.29, 0.717) is 21.9 Å². The van der Waals surface area contributed by atoms with Crippen LogP contribution in [0, 0.1) is 28.5 Å². The first-order chi connectivity index (χ1) is 10.6. The van der Waals surface area contributed by atoms with Crippen LogP contribution in [0.15, 0.2) is 48.0 Å². The van der Waals surface area contributed by atoms with Crippen LogP contribution in [0.1, 0.15) is 11.1 Å². The van der Waals surface area contributed by atoms with Gasteiger partial charge in [0.05, 0.1) is 5.02 Å². The fraction of sp³-hybridized carbons (Fsp3) is 0.0588. The van der Waals surface area contributed by atoms with E-state index in [2.05, 4.69) is 0 Å². The molecule has 0 heterocycles. The molecule has 0 saturated carbocycles. The summed E-state index contributed by atoms with van der Waals surface area (Å²) in [5.74, 6) is 0.158. The van der Waals surface area contributed by atoms with Gasteiger partial charge in [0.1, 0.15) is 35.9 Å². The molecule has 0 fully saturated rings. The van der Waals surface area contributed by atoms with Gasteiger partial charge in [-0.3, -0.25) is 0 Å². The molecule has 0 aliphatic carbocycles. The van der Waals surface area contributed by atoms with E-state index < -0.39 is 5.82 Å². The van der Waals surface area contributed by atoms with E-state index >= 15 is 0 Å². The van der Waals surface area contributed by atoms with E-state index in [1.807, 2.05) is 0 Å². The number of hydrogen-bond acceptors (Lipinski definition) is 3. The molecule has 2 aromatic rings. The summed E-state index contributed by atoms with van der Waals surface area (Å²) in [6.07, 6.45) is 1.47. The first-order valence-corrected chi connectivity index (χ1v) is 6.69. The first-order valence-electron chi connectivity index (χ1n) is 6.31. The van der Waals surface area contributed by atoms with Crippen LogP contribution in [-0.4, -0.2) is 0 Å². The Kier molecular flexibility index (Phi) is 5.14. The highest BCUT2D eigenvalue weighted by Gasteiger charge is 2.04. The Hall–Kier alpha value is -2.82. The van der Waals surface area contributed by atoms with Gasteiger partial charge in [0, 0.05) is 5.56 Å². The zero-order valence-electron chi connectivity index (χ0n) is 11.4. The Morgan fingerprint density at radius 3 is 2.64 bits per heavy atom. The maximum Gasteiger partial charge on any atom is 0.130 e. The lowest BCUT2D eigenvalue weighted by atomic mass is 10.1. The van der Waals surface area contributed by atoms with Gasteiger partial charge in [0.2, 0.25) is 0 Å². The third-order valence-corrected chi connectivity index (χ3v) is 3.17. The fourth-order valence-electron chi connectivity index (χ4n) is 1.75. The molecular weight excluding hydrogens is 303 g/mol. The molecule has 0 radical (unpaired) electrons. The number of rotatable bonds is 4. The Morgan fingerprint density at radius 1 is 1.18 bits per heavy atom. The molecule has 0 atom stereocenters. The number of halogens is 2. The van der Waals surface area contributed by atoms with Crippen LogP contribution in [0.5, 0.6) is 5.75 Å². The number of nitriles is 2. The van der Waals surface area contributed by atoms with Gasteiger partial charge in [-0.05, 0) is 35.9 Å².